The van der Waals surface area contributed by atoms with Crippen LogP contribution in [-0.2, 0) is 4.79 Å². The number of hydrazone groups is 1. The number of hydrogen-bond donors (Lipinski definition) is 5. The Hall–Kier alpha value is -3.15. The Balaban J connectivity index is 1.66. The molecule has 0 bridgehead atoms. The predicted molar refractivity (Wildman–Crippen MR) is 111 cm³/mol. The molecule has 12 heteroatoms. The molecular formula is C17H21BrN6O5. The lowest BCUT2D eigenvalue weighted by Gasteiger charge is -2.06. The molecule has 0 radical (unpaired) electrons. The largest absolute Gasteiger partial charge is 0.503 e. The lowest BCUT2D eigenvalue weighted by atomic mass is 10.2. The zero-order valence-corrected chi connectivity index (χ0v) is 17.2. The second-order valence-electron chi connectivity index (χ2n) is 5.94. The number of nitrogens with zero attached hydrogens (tertiary/aromatic N) is 2. The van der Waals surface area contributed by atoms with Gasteiger partial charge < -0.3 is 15.2 Å². The zero-order valence-electron chi connectivity index (χ0n) is 15.6. The van der Waals surface area contributed by atoms with E-state index in [-0.39, 0.29) is 17.5 Å². The Morgan fingerprint density at radius 1 is 1.34 bits per heavy atom. The summed E-state index contributed by atoms with van der Waals surface area (Å²) in [5.74, 6) is 0.107. The number of amides is 1. The molecule has 0 saturated carbocycles. The van der Waals surface area contributed by atoms with Crippen LogP contribution in [0.25, 0.3) is 0 Å². The molecule has 0 aliphatic carbocycles. The number of phenols is 1. The number of hydrogen-bond acceptors (Lipinski definition) is 8. The van der Waals surface area contributed by atoms with Crippen molar-refractivity contribution in [1.82, 2.24) is 20.6 Å². The Labute approximate surface area is 173 Å². The second-order valence-corrected chi connectivity index (χ2v) is 6.79. The van der Waals surface area contributed by atoms with Crippen LogP contribution in [0.15, 0.2) is 31.3 Å². The maximum Gasteiger partial charge on any atom is 0.342 e. The molecular weight excluding hydrogens is 448 g/mol. The molecule has 1 aromatic carbocycles. The lowest BCUT2D eigenvalue weighted by Crippen LogP contribution is -2.27. The van der Waals surface area contributed by atoms with Crippen molar-refractivity contribution in [2.24, 2.45) is 5.10 Å². The molecule has 5 N–H and O–H groups in total. The van der Waals surface area contributed by atoms with E-state index in [0.717, 1.165) is 12.8 Å². The number of rotatable bonds is 10. The van der Waals surface area contributed by atoms with Gasteiger partial charge >= 0.3 is 5.69 Å². The summed E-state index contributed by atoms with van der Waals surface area (Å²) in [4.78, 5) is 36.2. The summed E-state index contributed by atoms with van der Waals surface area (Å²) in [6.45, 7) is 0.486. The van der Waals surface area contributed by atoms with E-state index in [1.54, 1.807) is 12.1 Å². The van der Waals surface area contributed by atoms with Gasteiger partial charge in [-0.15, -0.1) is 5.10 Å². The predicted octanol–water partition coefficient (Wildman–Crippen LogP) is 1.06. The van der Waals surface area contributed by atoms with Gasteiger partial charge in [-0.2, -0.15) is 5.10 Å². The van der Waals surface area contributed by atoms with Gasteiger partial charge in [-0.25, -0.2) is 15.3 Å². The van der Waals surface area contributed by atoms with Crippen molar-refractivity contribution in [3.63, 3.8) is 0 Å². The number of anilines is 1. The van der Waals surface area contributed by atoms with Crippen LogP contribution in [0.2, 0.25) is 0 Å². The molecule has 156 valence electrons. The van der Waals surface area contributed by atoms with Gasteiger partial charge in [-0.3, -0.25) is 14.6 Å². The van der Waals surface area contributed by atoms with E-state index in [0.29, 0.717) is 35.2 Å². The average Bonchev–Trinajstić information content (AvgIpc) is 2.68. The highest BCUT2D eigenvalue weighted by molar-refractivity contribution is 9.10. The summed E-state index contributed by atoms with van der Waals surface area (Å²) in [6.07, 6.45) is 3.88. The minimum atomic E-state index is -0.661. The number of halogens is 1. The third kappa shape index (κ3) is 7.07. The molecule has 0 unspecified atom stereocenters. The zero-order chi connectivity index (χ0) is 21.2. The number of carbonyl (C=O) groups is 1. The van der Waals surface area contributed by atoms with Crippen molar-refractivity contribution in [3.05, 3.63) is 43.0 Å². The van der Waals surface area contributed by atoms with Crippen LogP contribution < -0.4 is 26.7 Å². The number of methoxy groups -OCH3 is 1. The Kier molecular flexibility index (Phi) is 8.40. The summed E-state index contributed by atoms with van der Waals surface area (Å²) in [6, 6.07) is 3.23. The fourth-order valence-electron chi connectivity index (χ4n) is 2.32. The van der Waals surface area contributed by atoms with Crippen LogP contribution in [0.3, 0.4) is 0 Å². The maximum atomic E-state index is 11.8. The number of nitrogens with one attached hydrogen (secondary N) is 4. The van der Waals surface area contributed by atoms with E-state index in [1.165, 1.54) is 13.3 Å². The van der Waals surface area contributed by atoms with E-state index in [1.807, 2.05) is 0 Å². The number of unbranched alkanes of at least 4 members (excludes halogenated alkanes) is 2. The van der Waals surface area contributed by atoms with Crippen LogP contribution in [0.4, 0.5) is 5.82 Å². The first kappa shape index (κ1) is 22.1. The molecule has 0 atom stereocenters. The Morgan fingerprint density at radius 3 is 2.86 bits per heavy atom. The van der Waals surface area contributed by atoms with Crippen molar-refractivity contribution < 1.29 is 14.6 Å². The molecule has 29 heavy (non-hydrogen) atoms. The van der Waals surface area contributed by atoms with Gasteiger partial charge in [0.25, 0.3) is 5.56 Å². The van der Waals surface area contributed by atoms with E-state index in [2.05, 4.69) is 47.0 Å². The Morgan fingerprint density at radius 2 is 2.14 bits per heavy atom. The van der Waals surface area contributed by atoms with E-state index < -0.39 is 11.2 Å². The minimum Gasteiger partial charge on any atom is -0.503 e. The highest BCUT2D eigenvalue weighted by Gasteiger charge is 2.07. The standard InChI is InChI=1S/C17H21BrN6O5/c1-29-12-8-10(7-11(18)14(12)26)9-20-22-13(25)5-3-2-4-6-19-15-16(27)21-17(28)24-23-15/h7-9,26H,2-6H2,1H3,(H,19,23)(H,22,25)(H2,21,24,27,28)/b20-9-. The number of aromatic nitrogens is 3. The number of ether oxygens (including phenoxy) is 1. The number of aromatic hydroxyl groups is 1. The number of phenolic OH excluding ortho intramolecular Hbond substituents is 1. The highest BCUT2D eigenvalue weighted by atomic mass is 79.9. The topological polar surface area (TPSA) is 162 Å². The van der Waals surface area contributed by atoms with Gasteiger partial charge in [0.1, 0.15) is 0 Å². The van der Waals surface area contributed by atoms with E-state index in [4.69, 9.17) is 4.74 Å². The van der Waals surface area contributed by atoms with Crippen LogP contribution in [0, 0.1) is 0 Å². The SMILES string of the molecule is COc1cc(/C=N\NC(=O)CCCCCNc2n[nH]c(=O)[nH]c2=O)cc(Br)c1O. The van der Waals surface area contributed by atoms with Crippen molar-refractivity contribution in [2.45, 2.75) is 25.7 Å². The molecule has 1 aromatic heterocycles. The van der Waals surface area contributed by atoms with Gasteiger partial charge in [0.05, 0.1) is 17.8 Å². The van der Waals surface area contributed by atoms with Crippen molar-refractivity contribution >= 4 is 33.9 Å². The van der Waals surface area contributed by atoms with E-state index >= 15 is 0 Å². The molecule has 0 aliphatic heterocycles. The first-order valence-electron chi connectivity index (χ1n) is 8.72. The summed E-state index contributed by atoms with van der Waals surface area (Å²) in [5.41, 5.74) is 1.84. The molecule has 0 saturated heterocycles. The normalized spacial score (nSPS) is 10.8. The van der Waals surface area contributed by atoms with Crippen molar-refractivity contribution in [1.29, 1.82) is 0 Å². The molecule has 11 nitrogen and oxygen atoms in total. The molecule has 0 fully saturated rings. The lowest BCUT2D eigenvalue weighted by molar-refractivity contribution is -0.121. The molecule has 0 aliphatic rings. The molecule has 2 rings (SSSR count). The number of aromatic amines is 2. The quantitative estimate of drug-likeness (QED) is 0.197. The fraction of sp³-hybridized carbons (Fsp3) is 0.353. The van der Waals surface area contributed by atoms with Crippen LogP contribution >= 0.6 is 15.9 Å². The van der Waals surface area contributed by atoms with Gasteiger partial charge in [0.15, 0.2) is 11.5 Å². The van der Waals surface area contributed by atoms with Crippen LogP contribution in [-0.4, -0.2) is 46.1 Å². The van der Waals surface area contributed by atoms with E-state index in [9.17, 15) is 19.5 Å². The Bertz CT molecular complexity index is 987. The minimum absolute atomic E-state index is 0.0101. The number of H-pyrrole nitrogens is 2. The average molecular weight is 469 g/mol. The first-order valence-corrected chi connectivity index (χ1v) is 9.51. The third-order valence-corrected chi connectivity index (χ3v) is 4.36. The molecule has 1 heterocycles. The maximum absolute atomic E-state index is 11.8. The molecule has 0 spiro atoms. The van der Waals surface area contributed by atoms with Gasteiger partial charge in [-0.05, 0) is 46.5 Å². The van der Waals surface area contributed by atoms with Crippen LogP contribution in [0.5, 0.6) is 11.5 Å². The number of carbonyl (C=O) groups excluding carboxylic acids is 1. The smallest absolute Gasteiger partial charge is 0.342 e. The first-order chi connectivity index (χ1) is 13.9. The van der Waals surface area contributed by atoms with Crippen LogP contribution in [0.1, 0.15) is 31.2 Å². The van der Waals surface area contributed by atoms with Gasteiger partial charge in [0.2, 0.25) is 11.7 Å². The molecule has 2 aromatic rings. The van der Waals surface area contributed by atoms with Gasteiger partial charge in [-0.1, -0.05) is 6.42 Å². The third-order valence-electron chi connectivity index (χ3n) is 3.76. The van der Waals surface area contributed by atoms with Crippen molar-refractivity contribution in [3.8, 4) is 11.5 Å². The van der Waals surface area contributed by atoms with Gasteiger partial charge in [0, 0.05) is 13.0 Å². The summed E-state index contributed by atoms with van der Waals surface area (Å²) >= 11 is 3.21. The summed E-state index contributed by atoms with van der Waals surface area (Å²) in [7, 11) is 1.44. The monoisotopic (exact) mass is 468 g/mol. The molecule has 1 amide bonds. The highest BCUT2D eigenvalue weighted by Crippen LogP contribution is 2.34. The van der Waals surface area contributed by atoms with Crippen molar-refractivity contribution in [2.75, 3.05) is 19.0 Å². The fourth-order valence-corrected chi connectivity index (χ4v) is 2.78. The number of benzene rings is 1. The summed E-state index contributed by atoms with van der Waals surface area (Å²) in [5, 5.41) is 22.2. The second kappa shape index (κ2) is 11.0. The summed E-state index contributed by atoms with van der Waals surface area (Å²) < 4.78 is 5.50.